The second kappa shape index (κ2) is 6.42. The number of aromatic nitrogens is 2. The van der Waals surface area contributed by atoms with E-state index in [9.17, 15) is 0 Å². The molecule has 0 aliphatic carbocycles. The largest absolute Gasteiger partial charge is 0.443 e. The van der Waals surface area contributed by atoms with Crippen LogP contribution >= 0.6 is 0 Å². The minimum Gasteiger partial charge on any atom is -0.443 e. The van der Waals surface area contributed by atoms with Crippen molar-refractivity contribution in [2.24, 2.45) is 0 Å². The third kappa shape index (κ3) is 2.37. The Labute approximate surface area is 193 Å². The molecular weight excluding hydrogens is 420 g/mol. The maximum atomic E-state index is 5.59. The van der Waals surface area contributed by atoms with E-state index in [2.05, 4.69) is 82.8 Å². The molecule has 0 spiro atoms. The second-order valence-electron chi connectivity index (χ2n) is 8.73. The normalized spacial score (nSPS) is 12.1. The number of fused-ring (bicyclic) bond motifs is 2. The molecule has 34 heavy (non-hydrogen) atoms. The van der Waals surface area contributed by atoms with Crippen LogP contribution in [0.4, 0.5) is 0 Å². The van der Waals surface area contributed by atoms with Gasteiger partial charge in [-0.3, -0.25) is 0 Å². The van der Waals surface area contributed by atoms with Crippen LogP contribution in [0.5, 0.6) is 0 Å². The summed E-state index contributed by atoms with van der Waals surface area (Å²) in [5.74, 6) is 0. The van der Waals surface area contributed by atoms with E-state index in [0.717, 1.165) is 33.3 Å². The summed E-state index contributed by atoms with van der Waals surface area (Å²) in [5.41, 5.74) is 7.99. The minimum absolute atomic E-state index is 0.799. The Morgan fingerprint density at radius 3 is 1.85 bits per heavy atom. The van der Waals surface area contributed by atoms with Crippen molar-refractivity contribution in [2.45, 2.75) is 0 Å². The van der Waals surface area contributed by atoms with Crippen LogP contribution in [0.1, 0.15) is 0 Å². The van der Waals surface area contributed by atoms with E-state index in [0.29, 0.717) is 0 Å². The fraction of sp³-hybridized carbons (Fsp3) is 0. The van der Waals surface area contributed by atoms with Crippen molar-refractivity contribution in [1.29, 1.82) is 0 Å². The predicted molar refractivity (Wildman–Crippen MR) is 136 cm³/mol. The molecule has 0 unspecified atom stereocenters. The van der Waals surface area contributed by atoms with Crippen LogP contribution in [0.15, 0.2) is 107 Å². The molecule has 4 heteroatoms. The number of oxazole rings is 2. The van der Waals surface area contributed by atoms with Gasteiger partial charge in [-0.25, -0.2) is 9.97 Å². The van der Waals surface area contributed by atoms with Gasteiger partial charge in [-0.05, 0) is 91.0 Å². The maximum absolute atomic E-state index is 5.59. The first-order valence-electron chi connectivity index (χ1n) is 11.2. The van der Waals surface area contributed by atoms with Crippen molar-refractivity contribution in [2.75, 3.05) is 0 Å². The lowest BCUT2D eigenvalue weighted by atomic mass is 9.86. The van der Waals surface area contributed by atoms with Crippen LogP contribution in [0.3, 0.4) is 0 Å². The highest BCUT2D eigenvalue weighted by molar-refractivity contribution is 6.29. The van der Waals surface area contributed by atoms with Crippen molar-refractivity contribution in [3.05, 3.63) is 97.7 Å². The third-order valence-electron chi connectivity index (χ3n) is 6.91. The minimum atomic E-state index is 0.799. The first kappa shape index (κ1) is 17.8. The fourth-order valence-electron chi connectivity index (χ4n) is 5.38. The molecule has 2 aromatic heterocycles. The first-order chi connectivity index (χ1) is 16.8. The number of hydrogen-bond donors (Lipinski definition) is 0. The monoisotopic (exact) mass is 436 g/mol. The summed E-state index contributed by atoms with van der Waals surface area (Å²) >= 11 is 0. The summed E-state index contributed by atoms with van der Waals surface area (Å²) in [6, 6.07) is 30.2. The van der Waals surface area contributed by atoms with Crippen molar-refractivity contribution in [3.8, 4) is 22.3 Å². The molecule has 4 nitrogen and oxygen atoms in total. The molecule has 0 aliphatic heterocycles. The molecule has 0 atom stereocenters. The zero-order valence-corrected chi connectivity index (χ0v) is 17.9. The van der Waals surface area contributed by atoms with Crippen LogP contribution in [0.2, 0.25) is 0 Å². The Morgan fingerprint density at radius 2 is 1.12 bits per heavy atom. The van der Waals surface area contributed by atoms with E-state index >= 15 is 0 Å². The highest BCUT2D eigenvalue weighted by atomic mass is 16.3. The topological polar surface area (TPSA) is 52.1 Å². The molecule has 0 bridgehead atoms. The molecule has 0 radical (unpaired) electrons. The quantitative estimate of drug-likeness (QED) is 0.256. The van der Waals surface area contributed by atoms with Crippen LogP contribution < -0.4 is 0 Å². The molecule has 0 N–H and O–H groups in total. The summed E-state index contributed by atoms with van der Waals surface area (Å²) in [6.45, 7) is 0. The lowest BCUT2D eigenvalue weighted by Crippen LogP contribution is -1.90. The van der Waals surface area contributed by atoms with Gasteiger partial charge in [-0.15, -0.1) is 0 Å². The molecular formula is C30H16N2O2. The lowest BCUT2D eigenvalue weighted by molar-refractivity contribution is 0.602. The van der Waals surface area contributed by atoms with E-state index in [1.807, 2.05) is 12.1 Å². The number of nitrogens with zero attached hydrogens (tertiary/aromatic N) is 2. The zero-order chi connectivity index (χ0) is 22.2. The molecule has 8 aromatic rings. The molecule has 0 saturated heterocycles. The molecule has 2 heterocycles. The Balaban J connectivity index is 1.48. The Hall–Kier alpha value is -4.70. The van der Waals surface area contributed by atoms with Gasteiger partial charge in [0, 0.05) is 0 Å². The van der Waals surface area contributed by atoms with E-state index in [4.69, 9.17) is 8.83 Å². The number of hydrogen-bond acceptors (Lipinski definition) is 4. The van der Waals surface area contributed by atoms with Gasteiger partial charge in [0.05, 0.1) is 0 Å². The predicted octanol–water partition coefficient (Wildman–Crippen LogP) is 8.20. The number of rotatable bonds is 2. The molecule has 0 saturated carbocycles. The van der Waals surface area contributed by atoms with E-state index < -0.39 is 0 Å². The van der Waals surface area contributed by atoms with Crippen LogP contribution in [0.25, 0.3) is 76.8 Å². The van der Waals surface area contributed by atoms with E-state index in [1.54, 1.807) is 0 Å². The van der Waals surface area contributed by atoms with Crippen LogP contribution in [0, 0.1) is 0 Å². The number of benzene rings is 6. The van der Waals surface area contributed by atoms with Gasteiger partial charge in [0.2, 0.25) is 0 Å². The average molecular weight is 436 g/mol. The van der Waals surface area contributed by atoms with Gasteiger partial charge in [0.15, 0.2) is 24.0 Å². The Bertz CT molecular complexity index is 1880. The maximum Gasteiger partial charge on any atom is 0.181 e. The molecule has 6 aromatic carbocycles. The summed E-state index contributed by atoms with van der Waals surface area (Å²) < 4.78 is 11.0. The molecule has 0 aliphatic rings. The van der Waals surface area contributed by atoms with Gasteiger partial charge in [-0.2, -0.15) is 0 Å². The molecule has 0 fully saturated rings. The van der Waals surface area contributed by atoms with Gasteiger partial charge in [-0.1, -0.05) is 48.5 Å². The first-order valence-corrected chi connectivity index (χ1v) is 11.2. The highest BCUT2D eigenvalue weighted by Gasteiger charge is 2.17. The SMILES string of the molecule is c1cc2cc(-c3ccc4ncoc4c3)c3cccc4cc(-c5ccc6ocnc6c5)c(c1)c2c43. The smallest absolute Gasteiger partial charge is 0.181 e. The lowest BCUT2D eigenvalue weighted by Gasteiger charge is -2.17. The zero-order valence-electron chi connectivity index (χ0n) is 17.9. The molecule has 158 valence electrons. The summed E-state index contributed by atoms with van der Waals surface area (Å²) in [4.78, 5) is 8.63. The summed E-state index contributed by atoms with van der Waals surface area (Å²) in [7, 11) is 0. The molecule has 8 rings (SSSR count). The van der Waals surface area contributed by atoms with Crippen molar-refractivity contribution in [1.82, 2.24) is 9.97 Å². The van der Waals surface area contributed by atoms with Crippen molar-refractivity contribution >= 4 is 54.5 Å². The van der Waals surface area contributed by atoms with E-state index in [-0.39, 0.29) is 0 Å². The average Bonchev–Trinajstić information content (AvgIpc) is 3.55. The Morgan fingerprint density at radius 1 is 0.500 bits per heavy atom. The van der Waals surface area contributed by atoms with Gasteiger partial charge in [0.1, 0.15) is 11.0 Å². The van der Waals surface area contributed by atoms with Crippen molar-refractivity contribution < 1.29 is 8.83 Å². The fourth-order valence-corrected chi connectivity index (χ4v) is 5.38. The standard InChI is InChI=1S/C30H16N2O2/c1-4-20-12-24(18-7-9-25-28(14-18)34-15-31-25)22-6-2-3-19-11-23(21(5-1)29(20)30(19)22)17-8-10-27-26(13-17)32-16-33-27/h1-16H. The van der Waals surface area contributed by atoms with Crippen molar-refractivity contribution in [3.63, 3.8) is 0 Å². The van der Waals surface area contributed by atoms with Gasteiger partial charge >= 0.3 is 0 Å². The highest BCUT2D eigenvalue weighted by Crippen LogP contribution is 2.44. The van der Waals surface area contributed by atoms with Crippen LogP contribution in [-0.4, -0.2) is 9.97 Å². The summed E-state index contributed by atoms with van der Waals surface area (Å²) in [5, 5.41) is 7.49. The van der Waals surface area contributed by atoms with Gasteiger partial charge in [0.25, 0.3) is 0 Å². The van der Waals surface area contributed by atoms with Gasteiger partial charge < -0.3 is 8.83 Å². The third-order valence-corrected chi connectivity index (χ3v) is 6.91. The Kier molecular flexibility index (Phi) is 3.36. The molecule has 0 amide bonds. The van der Waals surface area contributed by atoms with Crippen LogP contribution in [-0.2, 0) is 0 Å². The van der Waals surface area contributed by atoms with E-state index in [1.165, 1.54) is 56.2 Å². The summed E-state index contributed by atoms with van der Waals surface area (Å²) in [6.07, 6.45) is 3.00. The second-order valence-corrected chi connectivity index (χ2v) is 8.73.